The van der Waals surface area contributed by atoms with Crippen LogP contribution in [0.1, 0.15) is 5.56 Å². The maximum atomic E-state index is 12.7. The fourth-order valence-corrected chi connectivity index (χ4v) is 5.93. The molecule has 7 heteroatoms. The van der Waals surface area contributed by atoms with Crippen molar-refractivity contribution < 1.29 is 8.42 Å². The van der Waals surface area contributed by atoms with E-state index in [1.807, 2.05) is 24.4 Å². The highest BCUT2D eigenvalue weighted by Gasteiger charge is 2.34. The molecule has 0 N–H and O–H groups in total. The molecule has 0 bridgehead atoms. The summed E-state index contributed by atoms with van der Waals surface area (Å²) in [6.45, 7) is 5.46. The molecule has 29 heavy (non-hydrogen) atoms. The van der Waals surface area contributed by atoms with Crippen molar-refractivity contribution in [1.29, 1.82) is 0 Å². The number of aromatic nitrogens is 1. The number of pyridine rings is 1. The van der Waals surface area contributed by atoms with E-state index < -0.39 is 10.0 Å². The van der Waals surface area contributed by atoms with Crippen LogP contribution in [-0.2, 0) is 16.6 Å². The first-order chi connectivity index (χ1) is 14.1. The van der Waals surface area contributed by atoms with Gasteiger partial charge in [0, 0.05) is 57.4 Å². The third-order valence-electron chi connectivity index (χ3n) is 5.93. The van der Waals surface area contributed by atoms with E-state index >= 15 is 0 Å². The summed E-state index contributed by atoms with van der Waals surface area (Å²) in [4.78, 5) is 9.77. The summed E-state index contributed by atoms with van der Waals surface area (Å²) in [7, 11) is -3.34. The Hall–Kier alpha value is -2.48. The van der Waals surface area contributed by atoms with E-state index in [2.05, 4.69) is 39.0 Å². The van der Waals surface area contributed by atoms with Crippen LogP contribution in [0, 0.1) is 0 Å². The fourth-order valence-electron chi connectivity index (χ4n) is 4.31. The molecule has 2 aliphatic rings. The SMILES string of the molecule is O=S1(=O)c2ccccc2CN1CCN1CCN(c2cccc3cccnc23)CC1. The van der Waals surface area contributed by atoms with Crippen LogP contribution in [0.2, 0.25) is 0 Å². The van der Waals surface area contributed by atoms with E-state index in [1.165, 1.54) is 5.69 Å². The first kappa shape index (κ1) is 18.5. The molecule has 0 radical (unpaired) electrons. The minimum absolute atomic E-state index is 0.466. The van der Waals surface area contributed by atoms with Gasteiger partial charge in [-0.2, -0.15) is 4.31 Å². The van der Waals surface area contributed by atoms with Crippen LogP contribution in [0.15, 0.2) is 65.7 Å². The lowest BCUT2D eigenvalue weighted by Crippen LogP contribution is -2.48. The van der Waals surface area contributed by atoms with Crippen LogP contribution >= 0.6 is 0 Å². The molecule has 1 saturated heterocycles. The topological polar surface area (TPSA) is 56.8 Å². The zero-order valence-electron chi connectivity index (χ0n) is 16.2. The summed E-state index contributed by atoms with van der Waals surface area (Å²) in [6.07, 6.45) is 1.84. The molecule has 3 heterocycles. The van der Waals surface area contributed by atoms with Gasteiger partial charge >= 0.3 is 0 Å². The van der Waals surface area contributed by atoms with Gasteiger partial charge in [0.05, 0.1) is 16.1 Å². The van der Waals surface area contributed by atoms with Crippen LogP contribution in [0.3, 0.4) is 0 Å². The van der Waals surface area contributed by atoms with Gasteiger partial charge in [-0.05, 0) is 23.8 Å². The molecule has 0 spiro atoms. The Morgan fingerprint density at radius 2 is 1.66 bits per heavy atom. The van der Waals surface area contributed by atoms with Crippen molar-refractivity contribution >= 4 is 26.6 Å². The van der Waals surface area contributed by atoms with Gasteiger partial charge in [-0.15, -0.1) is 0 Å². The second kappa shape index (κ2) is 7.40. The molecule has 3 aromatic rings. The van der Waals surface area contributed by atoms with E-state index in [1.54, 1.807) is 16.4 Å². The highest BCUT2D eigenvalue weighted by atomic mass is 32.2. The van der Waals surface area contributed by atoms with Crippen LogP contribution < -0.4 is 4.90 Å². The van der Waals surface area contributed by atoms with Crippen LogP contribution in [0.5, 0.6) is 0 Å². The average molecular weight is 409 g/mol. The zero-order valence-corrected chi connectivity index (χ0v) is 17.1. The summed E-state index contributed by atoms with van der Waals surface area (Å²) >= 11 is 0. The number of hydrogen-bond acceptors (Lipinski definition) is 5. The molecule has 0 aliphatic carbocycles. The summed E-state index contributed by atoms with van der Waals surface area (Å²) in [6, 6.07) is 17.7. The standard InChI is InChI=1S/C22H24N4O2S/c27-29(28)21-9-2-1-5-19(21)17-26(29)16-13-24-11-14-25(15-12-24)20-8-3-6-18-7-4-10-23-22(18)20/h1-10H,11-17H2. The molecule has 150 valence electrons. The van der Waals surface area contributed by atoms with Crippen molar-refractivity contribution in [2.24, 2.45) is 0 Å². The number of hydrogen-bond donors (Lipinski definition) is 0. The average Bonchev–Trinajstić information content (AvgIpc) is 3.02. The van der Waals surface area contributed by atoms with Crippen molar-refractivity contribution in [3.8, 4) is 0 Å². The number of anilines is 1. The van der Waals surface area contributed by atoms with Gasteiger partial charge in [-0.3, -0.25) is 9.88 Å². The number of piperazine rings is 1. The van der Waals surface area contributed by atoms with Crippen molar-refractivity contribution in [1.82, 2.24) is 14.2 Å². The molecule has 0 unspecified atom stereocenters. The zero-order chi connectivity index (χ0) is 19.8. The molecule has 1 aromatic heterocycles. The summed E-state index contributed by atoms with van der Waals surface area (Å²) < 4.78 is 27.0. The highest BCUT2D eigenvalue weighted by molar-refractivity contribution is 7.89. The number of benzene rings is 2. The van der Waals surface area contributed by atoms with Crippen molar-refractivity contribution in [3.05, 3.63) is 66.4 Å². The molecule has 1 fully saturated rings. The quantitative estimate of drug-likeness (QED) is 0.664. The summed E-state index contributed by atoms with van der Waals surface area (Å²) in [5.41, 5.74) is 3.13. The highest BCUT2D eigenvalue weighted by Crippen LogP contribution is 2.30. The molecule has 6 nitrogen and oxygen atoms in total. The molecule has 5 rings (SSSR count). The first-order valence-electron chi connectivity index (χ1n) is 10.0. The number of rotatable bonds is 4. The third kappa shape index (κ3) is 3.39. The van der Waals surface area contributed by atoms with Crippen molar-refractivity contribution in [3.63, 3.8) is 0 Å². The fraction of sp³-hybridized carbons (Fsp3) is 0.318. The maximum absolute atomic E-state index is 12.7. The molecule has 0 saturated carbocycles. The Balaban J connectivity index is 1.21. The molecular weight excluding hydrogens is 384 g/mol. The number of nitrogens with zero attached hydrogens (tertiary/aromatic N) is 4. The first-order valence-corrected chi connectivity index (χ1v) is 11.5. The Labute approximate surface area is 171 Å². The van der Waals surface area contributed by atoms with E-state index in [4.69, 9.17) is 0 Å². The largest absolute Gasteiger partial charge is 0.367 e. The lowest BCUT2D eigenvalue weighted by atomic mass is 10.1. The van der Waals surface area contributed by atoms with E-state index in [9.17, 15) is 8.42 Å². The number of fused-ring (bicyclic) bond motifs is 2. The lowest BCUT2D eigenvalue weighted by Gasteiger charge is -2.36. The van der Waals surface area contributed by atoms with Gasteiger partial charge in [-0.1, -0.05) is 36.4 Å². The number of para-hydroxylation sites is 1. The van der Waals surface area contributed by atoms with Gasteiger partial charge in [0.2, 0.25) is 10.0 Å². The van der Waals surface area contributed by atoms with Crippen molar-refractivity contribution in [2.75, 3.05) is 44.2 Å². The molecule has 0 amide bonds. The predicted octanol–water partition coefficient (Wildman–Crippen LogP) is 2.56. The third-order valence-corrected chi connectivity index (χ3v) is 7.87. The van der Waals surface area contributed by atoms with Gasteiger partial charge in [-0.25, -0.2) is 8.42 Å². The van der Waals surface area contributed by atoms with Gasteiger partial charge < -0.3 is 4.90 Å². The Morgan fingerprint density at radius 1 is 0.862 bits per heavy atom. The predicted molar refractivity (Wildman–Crippen MR) is 114 cm³/mol. The van der Waals surface area contributed by atoms with Crippen molar-refractivity contribution in [2.45, 2.75) is 11.4 Å². The van der Waals surface area contributed by atoms with Gasteiger partial charge in [0.15, 0.2) is 0 Å². The minimum Gasteiger partial charge on any atom is -0.367 e. The monoisotopic (exact) mass is 408 g/mol. The van der Waals surface area contributed by atoms with Crippen LogP contribution in [0.25, 0.3) is 10.9 Å². The smallest absolute Gasteiger partial charge is 0.243 e. The molecule has 2 aliphatic heterocycles. The van der Waals surface area contributed by atoms with Gasteiger partial charge in [0.25, 0.3) is 0 Å². The number of sulfonamides is 1. The Bertz CT molecular complexity index is 1140. The molecule has 0 atom stereocenters. The van der Waals surface area contributed by atoms with E-state index in [-0.39, 0.29) is 0 Å². The summed E-state index contributed by atoms with van der Waals surface area (Å²) in [5.74, 6) is 0. The van der Waals surface area contributed by atoms with Gasteiger partial charge in [0.1, 0.15) is 0 Å². The second-order valence-corrected chi connectivity index (χ2v) is 9.53. The molecule has 2 aromatic carbocycles. The maximum Gasteiger partial charge on any atom is 0.243 e. The van der Waals surface area contributed by atoms with Crippen LogP contribution in [-0.4, -0.2) is 61.9 Å². The summed E-state index contributed by atoms with van der Waals surface area (Å²) in [5, 5.41) is 1.16. The van der Waals surface area contributed by atoms with E-state index in [0.717, 1.165) is 49.2 Å². The normalized spacial score (nSPS) is 19.5. The minimum atomic E-state index is -3.34. The van der Waals surface area contributed by atoms with E-state index in [0.29, 0.717) is 18.0 Å². The Kier molecular flexibility index (Phi) is 4.73. The second-order valence-electron chi connectivity index (χ2n) is 7.63. The van der Waals surface area contributed by atoms with Crippen LogP contribution in [0.4, 0.5) is 5.69 Å². The molecular formula is C22H24N4O2S. The Morgan fingerprint density at radius 3 is 2.48 bits per heavy atom. The lowest BCUT2D eigenvalue weighted by molar-refractivity contribution is 0.237.